The van der Waals surface area contributed by atoms with Gasteiger partial charge in [0, 0.05) is 12.6 Å². The molecule has 0 saturated carbocycles. The Kier molecular flexibility index (Phi) is 3.42. The second-order valence-corrected chi connectivity index (χ2v) is 5.73. The summed E-state index contributed by atoms with van der Waals surface area (Å²) in [6, 6.07) is 15.2. The van der Waals surface area contributed by atoms with Gasteiger partial charge in [0.1, 0.15) is 0 Å². The number of anilines is 1. The lowest BCUT2D eigenvalue weighted by atomic mass is 10.0. The molecule has 1 saturated heterocycles. The van der Waals surface area contributed by atoms with Gasteiger partial charge in [-0.2, -0.15) is 0 Å². The van der Waals surface area contributed by atoms with E-state index in [0.717, 1.165) is 25.2 Å². The Bertz CT molecular complexity index is 753. The number of benzene rings is 1. The van der Waals surface area contributed by atoms with E-state index in [9.17, 15) is 0 Å². The van der Waals surface area contributed by atoms with Gasteiger partial charge in [0.15, 0.2) is 11.5 Å². The molecule has 1 aliphatic heterocycles. The average Bonchev–Trinajstić information content (AvgIpc) is 3.22. The van der Waals surface area contributed by atoms with Gasteiger partial charge in [-0.25, -0.2) is 0 Å². The van der Waals surface area contributed by atoms with Crippen LogP contribution in [0.3, 0.4) is 0 Å². The molecule has 2 aromatic heterocycles. The minimum Gasteiger partial charge on any atom is -0.352 e. The van der Waals surface area contributed by atoms with Gasteiger partial charge in [-0.15, -0.1) is 14.8 Å². The molecule has 3 heterocycles. The van der Waals surface area contributed by atoms with Crippen molar-refractivity contribution in [2.75, 3.05) is 11.4 Å². The molecule has 1 atom stereocenters. The van der Waals surface area contributed by atoms with Crippen molar-refractivity contribution in [2.45, 2.75) is 31.7 Å². The molecule has 0 N–H and O–H groups in total. The number of aryl methyl sites for hydroxylation is 1. The van der Waals surface area contributed by atoms with Gasteiger partial charge in [-0.1, -0.05) is 30.3 Å². The topological polar surface area (TPSA) is 59.2 Å². The van der Waals surface area contributed by atoms with Crippen LogP contribution in [-0.4, -0.2) is 37.8 Å². The second-order valence-electron chi connectivity index (χ2n) is 5.73. The first-order valence-electron chi connectivity index (χ1n) is 7.76. The van der Waals surface area contributed by atoms with Crippen molar-refractivity contribution in [3.63, 3.8) is 0 Å². The average molecular weight is 294 g/mol. The number of hydrogen-bond acceptors (Lipinski definition) is 5. The maximum Gasteiger partial charge on any atom is 0.200 e. The summed E-state index contributed by atoms with van der Waals surface area (Å²) in [6.07, 6.45) is 4.70. The Morgan fingerprint density at radius 2 is 2.00 bits per heavy atom. The van der Waals surface area contributed by atoms with E-state index in [0.29, 0.717) is 11.7 Å². The van der Waals surface area contributed by atoms with Crippen LogP contribution in [0.25, 0.3) is 5.65 Å². The highest BCUT2D eigenvalue weighted by Crippen LogP contribution is 2.26. The van der Waals surface area contributed by atoms with Crippen molar-refractivity contribution in [3.05, 3.63) is 48.0 Å². The molecule has 0 radical (unpaired) electrons. The largest absolute Gasteiger partial charge is 0.352 e. The Morgan fingerprint density at radius 3 is 2.91 bits per heavy atom. The summed E-state index contributed by atoms with van der Waals surface area (Å²) in [5.41, 5.74) is 2.09. The predicted octanol–water partition coefficient (Wildman–Crippen LogP) is 2.12. The molecule has 6 heteroatoms. The highest BCUT2D eigenvalue weighted by Gasteiger charge is 2.25. The molecule has 1 aliphatic rings. The van der Waals surface area contributed by atoms with Crippen LogP contribution in [-0.2, 0) is 6.42 Å². The first-order valence-corrected chi connectivity index (χ1v) is 7.76. The molecule has 22 heavy (non-hydrogen) atoms. The highest BCUT2D eigenvalue weighted by atomic mass is 15.6. The molecular formula is C16H18N6. The van der Waals surface area contributed by atoms with Crippen molar-refractivity contribution in [2.24, 2.45) is 0 Å². The molecular weight excluding hydrogens is 276 g/mol. The van der Waals surface area contributed by atoms with Gasteiger partial charge in [0.2, 0.25) is 0 Å². The standard InChI is InChI=1S/C16H18N6/c1-2-5-13(6-3-1)8-9-14-7-4-12-21(14)16-11-10-15-17-19-20-22(15)18-16/h1-3,5-6,10-11,14H,4,7-9,12H2/t14-/m1/s1. The van der Waals surface area contributed by atoms with Crippen molar-refractivity contribution >= 4 is 11.5 Å². The molecule has 1 fully saturated rings. The van der Waals surface area contributed by atoms with E-state index >= 15 is 0 Å². The molecule has 0 amide bonds. The van der Waals surface area contributed by atoms with E-state index in [-0.39, 0.29) is 0 Å². The van der Waals surface area contributed by atoms with Crippen LogP contribution in [0.5, 0.6) is 0 Å². The Labute approximate surface area is 128 Å². The lowest BCUT2D eigenvalue weighted by Crippen LogP contribution is -2.30. The zero-order valence-electron chi connectivity index (χ0n) is 12.3. The zero-order valence-corrected chi connectivity index (χ0v) is 12.3. The molecule has 0 unspecified atom stereocenters. The quantitative estimate of drug-likeness (QED) is 0.737. The Balaban J connectivity index is 1.50. The van der Waals surface area contributed by atoms with Crippen molar-refractivity contribution in [3.8, 4) is 0 Å². The number of aromatic nitrogens is 5. The van der Waals surface area contributed by atoms with Crippen LogP contribution in [0, 0.1) is 0 Å². The third-order valence-electron chi connectivity index (χ3n) is 4.34. The lowest BCUT2D eigenvalue weighted by Gasteiger charge is -2.25. The second kappa shape index (κ2) is 5.71. The summed E-state index contributed by atoms with van der Waals surface area (Å²) in [6.45, 7) is 1.06. The van der Waals surface area contributed by atoms with E-state index in [1.54, 1.807) is 0 Å². The fourth-order valence-corrected chi connectivity index (χ4v) is 3.21. The fourth-order valence-electron chi connectivity index (χ4n) is 3.21. The van der Waals surface area contributed by atoms with Crippen LogP contribution in [0.4, 0.5) is 5.82 Å². The number of nitrogens with zero attached hydrogens (tertiary/aromatic N) is 6. The van der Waals surface area contributed by atoms with Crippen LogP contribution < -0.4 is 4.90 Å². The molecule has 0 aliphatic carbocycles. The zero-order chi connectivity index (χ0) is 14.8. The van der Waals surface area contributed by atoms with Crippen LogP contribution in [0.2, 0.25) is 0 Å². The van der Waals surface area contributed by atoms with Gasteiger partial charge in [-0.05, 0) is 53.8 Å². The van der Waals surface area contributed by atoms with Gasteiger partial charge in [0.05, 0.1) is 0 Å². The Morgan fingerprint density at radius 1 is 1.09 bits per heavy atom. The third-order valence-corrected chi connectivity index (χ3v) is 4.34. The van der Waals surface area contributed by atoms with E-state index in [2.05, 4.69) is 55.9 Å². The monoisotopic (exact) mass is 294 g/mol. The summed E-state index contributed by atoms with van der Waals surface area (Å²) in [5, 5.41) is 16.0. The van der Waals surface area contributed by atoms with E-state index in [1.165, 1.54) is 23.0 Å². The first kappa shape index (κ1) is 13.2. The maximum atomic E-state index is 4.53. The van der Waals surface area contributed by atoms with Gasteiger partial charge >= 0.3 is 0 Å². The lowest BCUT2D eigenvalue weighted by molar-refractivity contribution is 0.599. The normalized spacial score (nSPS) is 18.2. The first-order chi connectivity index (χ1) is 10.9. The van der Waals surface area contributed by atoms with Gasteiger partial charge in [0.25, 0.3) is 0 Å². The Hall–Kier alpha value is -2.50. The SMILES string of the molecule is c1ccc(CC[C@H]2CCCN2c2ccc3nnnn3n2)cc1. The summed E-state index contributed by atoms with van der Waals surface area (Å²) in [5.74, 6) is 0.968. The van der Waals surface area contributed by atoms with Gasteiger partial charge in [-0.3, -0.25) is 0 Å². The van der Waals surface area contributed by atoms with Crippen molar-refractivity contribution in [1.82, 2.24) is 25.3 Å². The molecule has 1 aromatic carbocycles. The predicted molar refractivity (Wildman–Crippen MR) is 83.7 cm³/mol. The maximum absolute atomic E-state index is 4.53. The number of tetrazole rings is 1. The third kappa shape index (κ3) is 2.52. The minimum atomic E-state index is 0.543. The van der Waals surface area contributed by atoms with Crippen molar-refractivity contribution in [1.29, 1.82) is 0 Å². The number of fused-ring (bicyclic) bond motifs is 1. The molecule has 3 aromatic rings. The smallest absolute Gasteiger partial charge is 0.200 e. The fraction of sp³-hybridized carbons (Fsp3) is 0.375. The summed E-state index contributed by atoms with van der Waals surface area (Å²) >= 11 is 0. The van der Waals surface area contributed by atoms with Gasteiger partial charge < -0.3 is 4.90 Å². The van der Waals surface area contributed by atoms with Crippen LogP contribution >= 0.6 is 0 Å². The highest BCUT2D eigenvalue weighted by molar-refractivity contribution is 5.45. The molecule has 112 valence electrons. The van der Waals surface area contributed by atoms with E-state index in [1.807, 2.05) is 12.1 Å². The van der Waals surface area contributed by atoms with Crippen LogP contribution in [0.1, 0.15) is 24.8 Å². The minimum absolute atomic E-state index is 0.543. The summed E-state index contributed by atoms with van der Waals surface area (Å²) < 4.78 is 1.50. The van der Waals surface area contributed by atoms with E-state index < -0.39 is 0 Å². The van der Waals surface area contributed by atoms with E-state index in [4.69, 9.17) is 0 Å². The molecule has 0 spiro atoms. The molecule has 6 nitrogen and oxygen atoms in total. The van der Waals surface area contributed by atoms with Crippen molar-refractivity contribution < 1.29 is 0 Å². The number of hydrogen-bond donors (Lipinski definition) is 0. The molecule has 4 rings (SSSR count). The van der Waals surface area contributed by atoms with Crippen LogP contribution in [0.15, 0.2) is 42.5 Å². The molecule has 0 bridgehead atoms. The number of rotatable bonds is 4. The summed E-state index contributed by atoms with van der Waals surface area (Å²) in [4.78, 5) is 2.39. The summed E-state index contributed by atoms with van der Waals surface area (Å²) in [7, 11) is 0.